The van der Waals surface area contributed by atoms with Gasteiger partial charge in [0.15, 0.2) is 0 Å². The highest BCUT2D eigenvalue weighted by atomic mass is 19.4. The molecular weight excluding hydrogens is 286 g/mol. The molecule has 2 aromatic carbocycles. The van der Waals surface area contributed by atoms with Gasteiger partial charge in [-0.25, -0.2) is 4.39 Å². The Kier molecular flexibility index (Phi) is 4.57. The van der Waals surface area contributed by atoms with Gasteiger partial charge in [0.25, 0.3) is 0 Å². The van der Waals surface area contributed by atoms with Crippen LogP contribution in [0.25, 0.3) is 0 Å². The summed E-state index contributed by atoms with van der Waals surface area (Å²) in [7, 11) is 0. The second-order valence-electron chi connectivity index (χ2n) is 4.15. The van der Waals surface area contributed by atoms with Gasteiger partial charge in [-0.1, -0.05) is 29.4 Å². The van der Waals surface area contributed by atoms with Gasteiger partial charge in [-0.3, -0.25) is 0 Å². The number of benzene rings is 2. The number of nitrogens with zero attached hydrogens (tertiary/aromatic N) is 1. The predicted molar refractivity (Wildman–Crippen MR) is 69.2 cm³/mol. The van der Waals surface area contributed by atoms with Crippen molar-refractivity contribution in [2.75, 3.05) is 0 Å². The van der Waals surface area contributed by atoms with Crippen LogP contribution in [0.3, 0.4) is 0 Å². The fraction of sp³-hybridized carbons (Fsp3) is 0.133. The maximum atomic E-state index is 13.2. The van der Waals surface area contributed by atoms with Crippen molar-refractivity contribution in [1.82, 2.24) is 0 Å². The van der Waals surface area contributed by atoms with Gasteiger partial charge in [0, 0.05) is 5.56 Å². The lowest BCUT2D eigenvalue weighted by atomic mass is 10.1. The minimum Gasteiger partial charge on any atom is -0.390 e. The molecule has 2 rings (SSSR count). The van der Waals surface area contributed by atoms with Crippen LogP contribution in [0.1, 0.15) is 16.7 Å². The Morgan fingerprint density at radius 2 is 1.67 bits per heavy atom. The van der Waals surface area contributed by atoms with Gasteiger partial charge in [-0.05, 0) is 29.8 Å². The standard InChI is InChI=1S/C15H10F4NO/c16-14-4-2-1-3-12(14)9-20-21-10-11-5-7-13(8-6-11)15(17,18)19/h1-8H,10H2. The first kappa shape index (κ1) is 15.0. The zero-order chi connectivity index (χ0) is 15.3. The highest BCUT2D eigenvalue weighted by Gasteiger charge is 2.29. The molecule has 0 saturated heterocycles. The van der Waals surface area contributed by atoms with Gasteiger partial charge in [0.2, 0.25) is 0 Å². The molecule has 0 fully saturated rings. The molecular formula is C15H10F4NO. The number of halogens is 4. The van der Waals surface area contributed by atoms with Gasteiger partial charge < -0.3 is 4.84 Å². The number of hydrogen-bond acceptors (Lipinski definition) is 2. The average molecular weight is 296 g/mol. The second-order valence-corrected chi connectivity index (χ2v) is 4.15. The van der Waals surface area contributed by atoms with Crippen LogP contribution in [0.15, 0.2) is 53.7 Å². The molecule has 0 spiro atoms. The average Bonchev–Trinajstić information content (AvgIpc) is 2.45. The molecule has 0 amide bonds. The molecule has 0 N–H and O–H groups in total. The van der Waals surface area contributed by atoms with Gasteiger partial charge >= 0.3 is 6.18 Å². The van der Waals surface area contributed by atoms with E-state index in [2.05, 4.69) is 11.4 Å². The summed E-state index contributed by atoms with van der Waals surface area (Å²) in [6.45, 7) is -0.0282. The van der Waals surface area contributed by atoms with Crippen molar-refractivity contribution in [3.63, 3.8) is 0 Å². The lowest BCUT2D eigenvalue weighted by Gasteiger charge is -2.06. The molecule has 2 nitrogen and oxygen atoms in total. The fourth-order valence-corrected chi connectivity index (χ4v) is 1.53. The first-order valence-electron chi connectivity index (χ1n) is 5.95. The molecule has 0 atom stereocenters. The van der Waals surface area contributed by atoms with Crippen LogP contribution >= 0.6 is 0 Å². The Hall–Kier alpha value is -2.37. The zero-order valence-corrected chi connectivity index (χ0v) is 10.7. The Morgan fingerprint density at radius 1 is 1.00 bits per heavy atom. The lowest BCUT2D eigenvalue weighted by molar-refractivity contribution is -0.137. The van der Waals surface area contributed by atoms with Crippen LogP contribution in [0, 0.1) is 5.82 Å². The largest absolute Gasteiger partial charge is 0.416 e. The Labute approximate surface area is 118 Å². The lowest BCUT2D eigenvalue weighted by Crippen LogP contribution is -2.04. The molecule has 0 aliphatic carbocycles. The van der Waals surface area contributed by atoms with Gasteiger partial charge in [-0.2, -0.15) is 13.2 Å². The number of hydrogen-bond donors (Lipinski definition) is 0. The summed E-state index contributed by atoms with van der Waals surface area (Å²) < 4.78 is 50.3. The van der Waals surface area contributed by atoms with Crippen molar-refractivity contribution in [2.45, 2.75) is 12.8 Å². The highest BCUT2D eigenvalue weighted by molar-refractivity contribution is 5.79. The minimum atomic E-state index is -4.36. The van der Waals surface area contributed by atoms with E-state index in [-0.39, 0.29) is 12.2 Å². The van der Waals surface area contributed by atoms with E-state index in [1.54, 1.807) is 6.07 Å². The maximum absolute atomic E-state index is 13.2. The van der Waals surface area contributed by atoms with Crippen molar-refractivity contribution < 1.29 is 22.4 Å². The summed E-state index contributed by atoms with van der Waals surface area (Å²) in [5.41, 5.74) is -0.0697. The second kappa shape index (κ2) is 6.39. The summed E-state index contributed by atoms with van der Waals surface area (Å²) >= 11 is 0. The van der Waals surface area contributed by atoms with Crippen molar-refractivity contribution in [1.29, 1.82) is 0 Å². The third-order valence-corrected chi connectivity index (χ3v) is 2.62. The van der Waals surface area contributed by atoms with Crippen molar-refractivity contribution >= 4 is 6.21 Å². The van der Waals surface area contributed by atoms with Gasteiger partial charge in [0.1, 0.15) is 18.6 Å². The molecule has 0 bridgehead atoms. The maximum Gasteiger partial charge on any atom is 0.416 e. The third kappa shape index (κ3) is 4.30. The fourth-order valence-electron chi connectivity index (χ4n) is 1.53. The number of rotatable bonds is 4. The van der Waals surface area contributed by atoms with Crippen LogP contribution in [0.5, 0.6) is 0 Å². The van der Waals surface area contributed by atoms with E-state index in [9.17, 15) is 17.6 Å². The third-order valence-electron chi connectivity index (χ3n) is 2.62. The Bertz CT molecular complexity index is 620. The highest BCUT2D eigenvalue weighted by Crippen LogP contribution is 2.29. The van der Waals surface area contributed by atoms with E-state index in [1.807, 2.05) is 0 Å². The molecule has 6 heteroatoms. The molecule has 21 heavy (non-hydrogen) atoms. The van der Waals surface area contributed by atoms with E-state index < -0.39 is 17.6 Å². The first-order valence-corrected chi connectivity index (χ1v) is 5.95. The molecule has 0 heterocycles. The molecule has 0 saturated carbocycles. The smallest absolute Gasteiger partial charge is 0.390 e. The van der Waals surface area contributed by atoms with E-state index in [0.717, 1.165) is 12.1 Å². The minimum absolute atomic E-state index is 0.0282. The molecule has 0 aliphatic rings. The van der Waals surface area contributed by atoms with Crippen LogP contribution in [-0.2, 0) is 17.6 Å². The Morgan fingerprint density at radius 3 is 2.29 bits per heavy atom. The van der Waals surface area contributed by atoms with E-state index in [0.29, 0.717) is 5.56 Å². The van der Waals surface area contributed by atoms with E-state index in [4.69, 9.17) is 4.84 Å². The summed E-state index contributed by atoms with van der Waals surface area (Å²) in [5, 5.41) is 3.46. The summed E-state index contributed by atoms with van der Waals surface area (Å²) in [5.74, 6) is -0.487. The van der Waals surface area contributed by atoms with Gasteiger partial charge in [-0.15, -0.1) is 0 Å². The van der Waals surface area contributed by atoms with Crippen LogP contribution in [0.2, 0.25) is 0 Å². The SMILES string of the molecule is Fc1ccccc1/[C]=N\OCc1ccc(C(F)(F)F)cc1. The van der Waals surface area contributed by atoms with Crippen LogP contribution in [-0.4, -0.2) is 6.21 Å². The van der Waals surface area contributed by atoms with Crippen molar-refractivity contribution in [3.8, 4) is 0 Å². The quantitative estimate of drug-likeness (QED) is 0.469. The summed E-state index contributed by atoms with van der Waals surface area (Å²) in [6, 6.07) is 10.4. The molecule has 2 aromatic rings. The van der Waals surface area contributed by atoms with Crippen molar-refractivity contribution in [2.24, 2.45) is 5.16 Å². The zero-order valence-electron chi connectivity index (χ0n) is 10.7. The Balaban J connectivity index is 1.91. The first-order chi connectivity index (χ1) is 9.97. The molecule has 0 unspecified atom stereocenters. The molecule has 1 radical (unpaired) electrons. The molecule has 0 aliphatic heterocycles. The molecule has 109 valence electrons. The van der Waals surface area contributed by atoms with Crippen molar-refractivity contribution in [3.05, 3.63) is 71.0 Å². The molecule has 0 aromatic heterocycles. The van der Waals surface area contributed by atoms with Crippen LogP contribution < -0.4 is 0 Å². The summed E-state index contributed by atoms with van der Waals surface area (Å²) in [4.78, 5) is 4.87. The van der Waals surface area contributed by atoms with Crippen LogP contribution in [0.4, 0.5) is 17.6 Å². The van der Waals surface area contributed by atoms with E-state index >= 15 is 0 Å². The summed E-state index contributed by atoms with van der Waals surface area (Å²) in [6.07, 6.45) is -2.00. The topological polar surface area (TPSA) is 21.6 Å². The van der Waals surface area contributed by atoms with E-state index in [1.165, 1.54) is 30.3 Å². The normalized spacial score (nSPS) is 11.8. The predicted octanol–water partition coefficient (Wildman–Crippen LogP) is 4.27. The number of alkyl halides is 3. The monoisotopic (exact) mass is 296 g/mol. The van der Waals surface area contributed by atoms with Gasteiger partial charge in [0.05, 0.1) is 5.56 Å².